The zero-order valence-electron chi connectivity index (χ0n) is 16.7. The van der Waals surface area contributed by atoms with E-state index in [1.807, 2.05) is 0 Å². The number of rotatable bonds is 10. The third-order valence-electron chi connectivity index (χ3n) is 3.48. The Hall–Kier alpha value is -2.20. The Kier molecular flexibility index (Phi) is 9.15. The van der Waals surface area contributed by atoms with Gasteiger partial charge in [-0.05, 0) is 0 Å². The second-order valence-corrected chi connectivity index (χ2v) is 7.77. The summed E-state index contributed by atoms with van der Waals surface area (Å²) >= 11 is 0. The smallest absolute Gasteiger partial charge is 0.391 e. The second kappa shape index (κ2) is 9.68. The lowest BCUT2D eigenvalue weighted by Crippen LogP contribution is -2.67. The van der Waals surface area contributed by atoms with E-state index in [-0.39, 0.29) is 0 Å². The first-order valence-corrected chi connectivity index (χ1v) is 9.22. The summed E-state index contributed by atoms with van der Waals surface area (Å²) < 4.78 is 307. The van der Waals surface area contributed by atoms with E-state index in [0.29, 0.717) is 0 Å². The van der Waals surface area contributed by atoms with E-state index in [1.165, 1.54) is 14.2 Å². The minimum absolute atomic E-state index is 1.43. The SMILES string of the molecule is O=C(OC(F)(F)C(F)(F)C(F)(F)F)C(OC(F)(F)C(F)(F)C(F)(F)F)(OC(F)(F)C(F)(F)C(F)(F)F)S(=O)(=O)F. The van der Waals surface area contributed by atoms with E-state index in [0.717, 1.165) is 0 Å². The van der Waals surface area contributed by atoms with Crippen LogP contribution in [-0.2, 0) is 29.2 Å². The monoisotopic (exact) mass is 678 g/mol. The lowest BCUT2D eigenvalue weighted by molar-refractivity contribution is -0.494. The second-order valence-electron chi connectivity index (χ2n) is 6.35. The fourth-order valence-electron chi connectivity index (χ4n) is 1.51. The molecule has 0 bridgehead atoms. The van der Waals surface area contributed by atoms with Crippen molar-refractivity contribution in [1.29, 1.82) is 0 Å². The number of carbonyl (C=O) groups is 1. The Bertz CT molecular complexity index is 1010. The summed E-state index contributed by atoms with van der Waals surface area (Å²) in [5.74, 6) is -30.1. The Morgan fingerprint density at radius 1 is 0.450 bits per heavy atom. The highest BCUT2D eigenvalue weighted by atomic mass is 32.3. The molecule has 0 saturated heterocycles. The first-order valence-electron chi connectivity index (χ1n) is 7.84. The van der Waals surface area contributed by atoms with E-state index in [9.17, 15) is 109 Å². The van der Waals surface area contributed by atoms with Gasteiger partial charge < -0.3 is 4.74 Å². The van der Waals surface area contributed by atoms with Gasteiger partial charge in [0, 0.05) is 0 Å². The molecule has 0 aliphatic carbocycles. The molecule has 40 heavy (non-hydrogen) atoms. The van der Waals surface area contributed by atoms with Crippen LogP contribution in [-0.4, -0.2) is 74.1 Å². The summed E-state index contributed by atoms with van der Waals surface area (Å²) in [5, 5.41) is -8.03. The highest BCUT2D eigenvalue weighted by molar-refractivity contribution is 7.88. The Labute approximate surface area is 200 Å². The van der Waals surface area contributed by atoms with E-state index >= 15 is 0 Å². The molecule has 0 radical (unpaired) electrons. The van der Waals surface area contributed by atoms with Crippen molar-refractivity contribution in [3.05, 3.63) is 0 Å². The normalized spacial score (nSPS) is 16.2. The third-order valence-corrected chi connectivity index (χ3v) is 4.46. The van der Waals surface area contributed by atoms with Crippen molar-refractivity contribution in [2.45, 2.75) is 59.7 Å². The molecule has 0 spiro atoms. The first kappa shape index (κ1) is 37.8. The van der Waals surface area contributed by atoms with Gasteiger partial charge in [0.25, 0.3) is 0 Å². The number of esters is 1. The van der Waals surface area contributed by atoms with Gasteiger partial charge in [0.15, 0.2) is 0 Å². The van der Waals surface area contributed by atoms with E-state index < -0.39 is 75.9 Å². The van der Waals surface area contributed by atoms with Crippen molar-refractivity contribution < 1.29 is 124 Å². The molecule has 0 saturated carbocycles. The van der Waals surface area contributed by atoms with Crippen molar-refractivity contribution in [2.75, 3.05) is 0 Å². The summed E-state index contributed by atoms with van der Waals surface area (Å²) in [4.78, 5) is 11.4. The van der Waals surface area contributed by atoms with Crippen molar-refractivity contribution in [3.63, 3.8) is 0 Å². The molecule has 29 heteroatoms. The molecule has 240 valence electrons. The molecular weight excluding hydrogens is 678 g/mol. The van der Waals surface area contributed by atoms with Gasteiger partial charge in [-0.2, -0.15) is 101 Å². The van der Waals surface area contributed by atoms with Gasteiger partial charge in [-0.15, -0.1) is 0 Å². The molecule has 0 aromatic heterocycles. The van der Waals surface area contributed by atoms with E-state index in [1.54, 1.807) is 0 Å². The molecule has 0 N–H and O–H groups in total. The number of ether oxygens (including phenoxy) is 3. The van der Waals surface area contributed by atoms with Gasteiger partial charge >= 0.3 is 75.9 Å². The zero-order chi connectivity index (χ0) is 33.2. The maximum atomic E-state index is 13.5. The van der Waals surface area contributed by atoms with Crippen LogP contribution in [0.25, 0.3) is 0 Å². The molecule has 0 rings (SSSR count). The minimum atomic E-state index is -9.10. The van der Waals surface area contributed by atoms with Crippen LogP contribution < -0.4 is 0 Å². The summed E-state index contributed by atoms with van der Waals surface area (Å²) in [6.07, 6.45) is -48.4. The standard InChI is InChI=1S/C11F22O6S/c12-3(13,6(18,19)20)9(27,28)37-1(34)2(40(33,35)36,38-10(29,30)4(14,15)7(21,22)23)39-11(31,32)5(16,17)8(24,25)26. The topological polar surface area (TPSA) is 78.9 Å². The van der Waals surface area contributed by atoms with Crippen LogP contribution in [0.5, 0.6) is 0 Å². The molecule has 0 aromatic carbocycles. The maximum absolute atomic E-state index is 13.5. The average Bonchev–Trinajstić information content (AvgIpc) is 2.62. The third kappa shape index (κ3) is 6.17. The molecule has 0 aromatic rings. The quantitative estimate of drug-likeness (QED) is 0.124. The number of carbonyl (C=O) groups excluding carboxylic acids is 1. The van der Waals surface area contributed by atoms with Crippen LogP contribution in [0, 0.1) is 0 Å². The number of hydrogen-bond acceptors (Lipinski definition) is 6. The van der Waals surface area contributed by atoms with E-state index in [4.69, 9.17) is 0 Å². The Morgan fingerprint density at radius 3 is 0.875 bits per heavy atom. The molecule has 0 heterocycles. The van der Waals surface area contributed by atoms with Gasteiger partial charge in [-0.3, -0.25) is 9.47 Å². The highest BCUT2D eigenvalue weighted by Gasteiger charge is 2.84. The summed E-state index contributed by atoms with van der Waals surface area (Å²) in [7, 11) is -9.10. The van der Waals surface area contributed by atoms with Crippen molar-refractivity contribution in [1.82, 2.24) is 0 Å². The Morgan fingerprint density at radius 2 is 0.675 bits per heavy atom. The van der Waals surface area contributed by atoms with Crippen LogP contribution in [0.15, 0.2) is 0 Å². The number of halogens is 22. The molecule has 0 aliphatic rings. The fraction of sp³-hybridized carbons (Fsp3) is 0.909. The predicted octanol–water partition coefficient (Wildman–Crippen LogP) is 5.89. The molecule has 0 unspecified atom stereocenters. The molecule has 0 aliphatic heterocycles. The van der Waals surface area contributed by atoms with Crippen molar-refractivity contribution in [2.24, 2.45) is 0 Å². The summed E-state index contributed by atoms with van der Waals surface area (Å²) in [5.41, 5.74) is 0. The van der Waals surface area contributed by atoms with Crippen LogP contribution in [0.2, 0.25) is 0 Å². The van der Waals surface area contributed by atoms with E-state index in [2.05, 4.69) is 0 Å². The molecule has 6 nitrogen and oxygen atoms in total. The lowest BCUT2D eigenvalue weighted by atomic mass is 10.3. The lowest BCUT2D eigenvalue weighted by Gasteiger charge is -2.38. The molecule has 0 atom stereocenters. The van der Waals surface area contributed by atoms with Gasteiger partial charge in [0.05, 0.1) is 0 Å². The predicted molar refractivity (Wildman–Crippen MR) is 68.9 cm³/mol. The van der Waals surface area contributed by atoms with Crippen LogP contribution in [0.3, 0.4) is 0 Å². The summed E-state index contributed by atoms with van der Waals surface area (Å²) in [6.45, 7) is 0. The minimum Gasteiger partial charge on any atom is -0.391 e. The van der Waals surface area contributed by atoms with Gasteiger partial charge in [0.1, 0.15) is 0 Å². The molecular formula is C11F22O6S. The fourth-order valence-corrected chi connectivity index (χ4v) is 2.16. The Balaban J connectivity index is 7.65. The van der Waals surface area contributed by atoms with Crippen LogP contribution >= 0.6 is 0 Å². The van der Waals surface area contributed by atoms with Gasteiger partial charge in [-0.25, -0.2) is 4.79 Å². The largest absolute Gasteiger partial charge is 0.476 e. The number of hydrogen-bond donors (Lipinski definition) is 0. The van der Waals surface area contributed by atoms with Gasteiger partial charge in [0.2, 0.25) is 0 Å². The molecule has 0 fully saturated rings. The average molecular weight is 678 g/mol. The summed E-state index contributed by atoms with van der Waals surface area (Å²) in [6, 6.07) is 0. The number of alkyl halides is 21. The van der Waals surface area contributed by atoms with Crippen molar-refractivity contribution in [3.8, 4) is 0 Å². The van der Waals surface area contributed by atoms with Gasteiger partial charge in [-0.1, -0.05) is 3.89 Å². The molecule has 0 amide bonds. The maximum Gasteiger partial charge on any atom is 0.476 e. The van der Waals surface area contributed by atoms with Crippen molar-refractivity contribution >= 4 is 16.2 Å². The highest BCUT2D eigenvalue weighted by Crippen LogP contribution is 2.54. The zero-order valence-corrected chi connectivity index (χ0v) is 17.5. The first-order chi connectivity index (χ1) is 16.8. The van der Waals surface area contributed by atoms with Crippen LogP contribution in [0.1, 0.15) is 0 Å². The van der Waals surface area contributed by atoms with Crippen LogP contribution in [0.4, 0.5) is 96.1 Å².